The minimum Gasteiger partial charge on any atom is -0.327 e. The first-order valence-electron chi connectivity index (χ1n) is 4.84. The molecule has 2 atom stereocenters. The fourth-order valence-corrected chi connectivity index (χ4v) is 1.99. The molecule has 1 saturated heterocycles. The summed E-state index contributed by atoms with van der Waals surface area (Å²) in [6, 6.07) is 3.76. The molecule has 4 heteroatoms. The Morgan fingerprint density at radius 1 is 1.43 bits per heavy atom. The maximum Gasteiger partial charge on any atom is 0.248 e. The van der Waals surface area contributed by atoms with E-state index < -0.39 is 0 Å². The van der Waals surface area contributed by atoms with E-state index >= 15 is 0 Å². The largest absolute Gasteiger partial charge is 0.327 e. The molecule has 1 aliphatic heterocycles. The summed E-state index contributed by atoms with van der Waals surface area (Å²) >= 11 is 0. The number of pyridine rings is 1. The molecule has 4 nitrogen and oxygen atoms in total. The number of rotatable bonds is 1. The number of aromatic amines is 1. The van der Waals surface area contributed by atoms with Gasteiger partial charge in [0.15, 0.2) is 0 Å². The number of aryl methyl sites for hydroxylation is 1. The van der Waals surface area contributed by atoms with Gasteiger partial charge in [0, 0.05) is 36.8 Å². The molecule has 0 radical (unpaired) electrons. The fourth-order valence-electron chi connectivity index (χ4n) is 1.99. The number of nitrogens with two attached hydrogens (primary N) is 1. The lowest BCUT2D eigenvalue weighted by Crippen LogP contribution is -2.28. The van der Waals surface area contributed by atoms with Crippen LogP contribution in [0.2, 0.25) is 0 Å². The molecule has 2 rings (SSSR count). The molecule has 2 heterocycles. The highest BCUT2D eigenvalue weighted by atomic mass is 16.1. The monoisotopic (exact) mass is 193 g/mol. The Labute approximate surface area is 82.5 Å². The summed E-state index contributed by atoms with van der Waals surface area (Å²) in [5, 5.41) is 3.22. The van der Waals surface area contributed by atoms with Crippen LogP contribution in [-0.2, 0) is 0 Å². The van der Waals surface area contributed by atoms with Crippen molar-refractivity contribution in [2.75, 3.05) is 13.1 Å². The van der Waals surface area contributed by atoms with Gasteiger partial charge in [0.25, 0.3) is 0 Å². The van der Waals surface area contributed by atoms with Crippen molar-refractivity contribution in [2.24, 2.45) is 5.73 Å². The summed E-state index contributed by atoms with van der Waals surface area (Å²) < 4.78 is 0. The maximum atomic E-state index is 11.3. The fraction of sp³-hybridized carbons (Fsp3) is 0.500. The van der Waals surface area contributed by atoms with Crippen LogP contribution < -0.4 is 16.6 Å². The molecule has 76 valence electrons. The van der Waals surface area contributed by atoms with Crippen LogP contribution in [0.1, 0.15) is 17.2 Å². The normalized spacial score (nSPS) is 26.7. The van der Waals surface area contributed by atoms with E-state index in [2.05, 4.69) is 10.3 Å². The van der Waals surface area contributed by atoms with Crippen LogP contribution >= 0.6 is 0 Å². The standard InChI is InChI=1S/C10H15N3O/c1-6-2-7(3-10(14)13-6)8-4-12-5-9(8)11/h2-3,8-9,12H,4-5,11H2,1H3,(H,13,14)/t8?,9-/m1/s1. The van der Waals surface area contributed by atoms with Gasteiger partial charge in [-0.15, -0.1) is 0 Å². The molecule has 1 aromatic heterocycles. The maximum absolute atomic E-state index is 11.3. The van der Waals surface area contributed by atoms with Crippen LogP contribution in [0.5, 0.6) is 0 Å². The third-order valence-electron chi connectivity index (χ3n) is 2.69. The lowest BCUT2D eigenvalue weighted by Gasteiger charge is -2.14. The molecule has 0 spiro atoms. The Morgan fingerprint density at radius 2 is 2.21 bits per heavy atom. The lowest BCUT2D eigenvalue weighted by atomic mass is 9.95. The predicted octanol–water partition coefficient (Wildman–Crippen LogP) is -0.303. The highest BCUT2D eigenvalue weighted by Crippen LogP contribution is 2.20. The first-order valence-corrected chi connectivity index (χ1v) is 4.84. The number of nitrogens with one attached hydrogen (secondary N) is 2. The van der Waals surface area contributed by atoms with Gasteiger partial charge in [0.2, 0.25) is 5.56 Å². The van der Waals surface area contributed by atoms with Gasteiger partial charge in [-0.2, -0.15) is 0 Å². The van der Waals surface area contributed by atoms with Gasteiger partial charge in [-0.05, 0) is 18.6 Å². The molecule has 1 aromatic rings. The van der Waals surface area contributed by atoms with E-state index in [1.165, 1.54) is 0 Å². The van der Waals surface area contributed by atoms with Crippen LogP contribution in [0.3, 0.4) is 0 Å². The molecule has 4 N–H and O–H groups in total. The van der Waals surface area contributed by atoms with Crippen molar-refractivity contribution in [3.05, 3.63) is 33.7 Å². The molecule has 1 aliphatic rings. The summed E-state index contributed by atoms with van der Waals surface area (Å²) in [6.45, 7) is 3.58. The van der Waals surface area contributed by atoms with Gasteiger partial charge in [0.1, 0.15) is 0 Å². The molecule has 14 heavy (non-hydrogen) atoms. The van der Waals surface area contributed by atoms with Crippen molar-refractivity contribution in [1.29, 1.82) is 0 Å². The second kappa shape index (κ2) is 3.55. The Kier molecular flexibility index (Phi) is 2.39. The van der Waals surface area contributed by atoms with Crippen LogP contribution in [0.25, 0.3) is 0 Å². The van der Waals surface area contributed by atoms with Crippen molar-refractivity contribution < 1.29 is 0 Å². The van der Waals surface area contributed by atoms with Gasteiger partial charge in [0.05, 0.1) is 0 Å². The second-order valence-corrected chi connectivity index (χ2v) is 3.89. The molecule has 0 aromatic carbocycles. The average molecular weight is 193 g/mol. The number of hydrogen-bond donors (Lipinski definition) is 3. The van der Waals surface area contributed by atoms with Gasteiger partial charge >= 0.3 is 0 Å². The van der Waals surface area contributed by atoms with E-state index in [1.54, 1.807) is 6.07 Å². The molecule has 1 unspecified atom stereocenters. The summed E-state index contributed by atoms with van der Waals surface area (Å²) in [6.07, 6.45) is 0. The topological polar surface area (TPSA) is 70.9 Å². The number of aromatic nitrogens is 1. The molecular weight excluding hydrogens is 178 g/mol. The van der Waals surface area contributed by atoms with Gasteiger partial charge in [-0.3, -0.25) is 4.79 Å². The smallest absolute Gasteiger partial charge is 0.248 e. The van der Waals surface area contributed by atoms with Crippen LogP contribution in [0.4, 0.5) is 0 Å². The summed E-state index contributed by atoms with van der Waals surface area (Å²) in [5.74, 6) is 0.274. The molecule has 1 fully saturated rings. The van der Waals surface area contributed by atoms with Crippen molar-refractivity contribution in [1.82, 2.24) is 10.3 Å². The highest BCUT2D eigenvalue weighted by Gasteiger charge is 2.25. The average Bonchev–Trinajstić information content (AvgIpc) is 2.49. The third kappa shape index (κ3) is 1.71. The summed E-state index contributed by atoms with van der Waals surface area (Å²) in [7, 11) is 0. The van der Waals surface area contributed by atoms with Crippen molar-refractivity contribution >= 4 is 0 Å². The van der Waals surface area contributed by atoms with Crippen LogP contribution in [-0.4, -0.2) is 24.1 Å². The van der Waals surface area contributed by atoms with E-state index in [9.17, 15) is 4.79 Å². The van der Waals surface area contributed by atoms with Crippen molar-refractivity contribution in [3.8, 4) is 0 Å². The Hall–Kier alpha value is -1.13. The van der Waals surface area contributed by atoms with E-state index in [4.69, 9.17) is 5.73 Å². The van der Waals surface area contributed by atoms with Gasteiger partial charge < -0.3 is 16.0 Å². The minimum atomic E-state index is -0.0425. The number of hydrogen-bond acceptors (Lipinski definition) is 3. The van der Waals surface area contributed by atoms with Gasteiger partial charge in [-0.1, -0.05) is 0 Å². The van der Waals surface area contributed by atoms with E-state index in [1.807, 2.05) is 13.0 Å². The molecule has 0 aliphatic carbocycles. The number of H-pyrrole nitrogens is 1. The SMILES string of the molecule is Cc1cc(C2CNC[C@H]2N)cc(=O)[nH]1. The zero-order chi connectivity index (χ0) is 10.1. The summed E-state index contributed by atoms with van der Waals surface area (Å²) in [4.78, 5) is 14.0. The Bertz CT molecular complexity index is 385. The molecular formula is C10H15N3O. The van der Waals surface area contributed by atoms with Crippen molar-refractivity contribution in [2.45, 2.75) is 18.9 Å². The Balaban J connectivity index is 2.36. The van der Waals surface area contributed by atoms with Crippen LogP contribution in [0, 0.1) is 6.92 Å². The first-order chi connectivity index (χ1) is 6.66. The molecule has 0 bridgehead atoms. The van der Waals surface area contributed by atoms with E-state index in [-0.39, 0.29) is 17.5 Å². The Morgan fingerprint density at radius 3 is 2.79 bits per heavy atom. The second-order valence-electron chi connectivity index (χ2n) is 3.89. The zero-order valence-electron chi connectivity index (χ0n) is 8.21. The zero-order valence-corrected chi connectivity index (χ0v) is 8.21. The minimum absolute atomic E-state index is 0.0425. The lowest BCUT2D eigenvalue weighted by molar-refractivity contribution is 0.651. The van der Waals surface area contributed by atoms with Crippen molar-refractivity contribution in [3.63, 3.8) is 0 Å². The predicted molar refractivity (Wildman–Crippen MR) is 55.4 cm³/mol. The summed E-state index contributed by atoms with van der Waals surface area (Å²) in [5.41, 5.74) is 7.83. The molecule has 0 saturated carbocycles. The molecule has 0 amide bonds. The highest BCUT2D eigenvalue weighted by molar-refractivity contribution is 5.23. The third-order valence-corrected chi connectivity index (χ3v) is 2.69. The van der Waals surface area contributed by atoms with Crippen LogP contribution in [0.15, 0.2) is 16.9 Å². The first kappa shape index (κ1) is 9.43. The quantitative estimate of drug-likeness (QED) is 0.573. The van der Waals surface area contributed by atoms with E-state index in [0.29, 0.717) is 0 Å². The van der Waals surface area contributed by atoms with Gasteiger partial charge in [-0.25, -0.2) is 0 Å². The van der Waals surface area contributed by atoms with E-state index in [0.717, 1.165) is 24.3 Å².